The number of hydrogen-bond donors (Lipinski definition) is 2. The van der Waals surface area contributed by atoms with Crippen molar-refractivity contribution in [2.24, 2.45) is 0 Å². The van der Waals surface area contributed by atoms with Crippen molar-refractivity contribution in [3.8, 4) is 11.1 Å². The van der Waals surface area contributed by atoms with Crippen LogP contribution in [0.3, 0.4) is 0 Å². The summed E-state index contributed by atoms with van der Waals surface area (Å²) >= 11 is 6.16. The Labute approximate surface area is 128 Å². The van der Waals surface area contributed by atoms with Crippen LogP contribution in [-0.2, 0) is 10.4 Å². The molecule has 0 amide bonds. The van der Waals surface area contributed by atoms with Crippen LogP contribution in [0.25, 0.3) is 11.1 Å². The maximum Gasteiger partial charge on any atom is 0.303 e. The number of hydrogen-bond acceptors (Lipinski definition) is 2. The summed E-state index contributed by atoms with van der Waals surface area (Å²) in [5.41, 5.74) is 1.42. The van der Waals surface area contributed by atoms with Crippen molar-refractivity contribution in [1.82, 2.24) is 0 Å². The molecule has 0 aromatic heterocycles. The van der Waals surface area contributed by atoms with E-state index in [4.69, 9.17) is 16.7 Å². The van der Waals surface area contributed by atoms with Gasteiger partial charge in [-0.2, -0.15) is 0 Å². The van der Waals surface area contributed by atoms with Crippen molar-refractivity contribution < 1.29 is 15.0 Å². The van der Waals surface area contributed by atoms with Gasteiger partial charge in [0.15, 0.2) is 0 Å². The lowest BCUT2D eigenvalue weighted by molar-refractivity contribution is -0.138. The number of rotatable bonds is 5. The lowest BCUT2D eigenvalue weighted by Gasteiger charge is -2.23. The Morgan fingerprint density at radius 3 is 2.33 bits per heavy atom. The molecule has 0 aliphatic carbocycles. The molecule has 0 spiro atoms. The Morgan fingerprint density at radius 2 is 1.76 bits per heavy atom. The van der Waals surface area contributed by atoms with E-state index >= 15 is 0 Å². The zero-order valence-corrected chi connectivity index (χ0v) is 12.5. The monoisotopic (exact) mass is 304 g/mol. The predicted octanol–water partition coefficient (Wildman–Crippen LogP) is 4.08. The molecular weight excluding hydrogens is 288 g/mol. The second-order valence-electron chi connectivity index (χ2n) is 5.22. The largest absolute Gasteiger partial charge is 0.481 e. The lowest BCUT2D eigenvalue weighted by Crippen LogP contribution is -2.22. The van der Waals surface area contributed by atoms with E-state index in [2.05, 4.69) is 0 Å². The molecule has 0 aliphatic rings. The fraction of sp³-hybridized carbons (Fsp3) is 0.235. The summed E-state index contributed by atoms with van der Waals surface area (Å²) in [5.74, 6) is -0.914. The average Bonchev–Trinajstić information content (AvgIpc) is 2.46. The molecule has 0 fully saturated rings. The SMILES string of the molecule is CC(O)(CCC(=O)O)c1ccc(-c2ccccc2Cl)cc1. The third kappa shape index (κ3) is 3.84. The highest BCUT2D eigenvalue weighted by molar-refractivity contribution is 6.33. The minimum atomic E-state index is -1.16. The first-order chi connectivity index (χ1) is 9.90. The summed E-state index contributed by atoms with van der Waals surface area (Å²) in [7, 11) is 0. The molecule has 0 saturated carbocycles. The summed E-state index contributed by atoms with van der Waals surface area (Å²) in [4.78, 5) is 10.6. The number of carboxylic acid groups (broad SMARTS) is 1. The first-order valence-corrected chi connectivity index (χ1v) is 7.07. The van der Waals surface area contributed by atoms with Crippen LogP contribution in [0, 0.1) is 0 Å². The van der Waals surface area contributed by atoms with Gasteiger partial charge in [0, 0.05) is 17.0 Å². The van der Waals surface area contributed by atoms with Gasteiger partial charge in [-0.25, -0.2) is 0 Å². The van der Waals surface area contributed by atoms with Gasteiger partial charge >= 0.3 is 5.97 Å². The van der Waals surface area contributed by atoms with Crippen molar-refractivity contribution in [2.45, 2.75) is 25.4 Å². The van der Waals surface area contributed by atoms with Gasteiger partial charge in [-0.05, 0) is 30.5 Å². The van der Waals surface area contributed by atoms with Crippen LogP contribution in [0.15, 0.2) is 48.5 Å². The molecular formula is C17H17ClO3. The van der Waals surface area contributed by atoms with Crippen molar-refractivity contribution in [3.05, 3.63) is 59.1 Å². The zero-order chi connectivity index (χ0) is 15.5. The molecule has 0 aliphatic heterocycles. The Bertz CT molecular complexity index is 633. The molecule has 3 nitrogen and oxygen atoms in total. The van der Waals surface area contributed by atoms with E-state index in [0.717, 1.165) is 11.1 Å². The highest BCUT2D eigenvalue weighted by Crippen LogP contribution is 2.31. The summed E-state index contributed by atoms with van der Waals surface area (Å²) in [5, 5.41) is 19.8. The fourth-order valence-corrected chi connectivity index (χ4v) is 2.44. The molecule has 2 aromatic carbocycles. The van der Waals surface area contributed by atoms with Crippen molar-refractivity contribution in [2.75, 3.05) is 0 Å². The Morgan fingerprint density at radius 1 is 1.14 bits per heavy atom. The van der Waals surface area contributed by atoms with Crippen LogP contribution in [-0.4, -0.2) is 16.2 Å². The van der Waals surface area contributed by atoms with Gasteiger partial charge in [-0.1, -0.05) is 54.1 Å². The predicted molar refractivity (Wildman–Crippen MR) is 83.3 cm³/mol. The average molecular weight is 305 g/mol. The summed E-state index contributed by atoms with van der Waals surface area (Å²) in [6, 6.07) is 14.9. The molecule has 2 aromatic rings. The summed E-state index contributed by atoms with van der Waals surface area (Å²) in [6.07, 6.45) is 0.104. The second kappa shape index (κ2) is 6.29. The van der Waals surface area contributed by atoms with Gasteiger partial charge in [-0.3, -0.25) is 4.79 Å². The van der Waals surface area contributed by atoms with E-state index in [1.54, 1.807) is 19.1 Å². The quantitative estimate of drug-likeness (QED) is 0.875. The van der Waals surface area contributed by atoms with Crippen LogP contribution in [0.1, 0.15) is 25.3 Å². The van der Waals surface area contributed by atoms with Gasteiger partial charge in [0.05, 0.1) is 5.60 Å². The van der Waals surface area contributed by atoms with Gasteiger partial charge in [0.1, 0.15) is 0 Å². The number of carboxylic acids is 1. The Balaban J connectivity index is 2.23. The summed E-state index contributed by atoms with van der Waals surface area (Å²) < 4.78 is 0. The second-order valence-corrected chi connectivity index (χ2v) is 5.63. The lowest BCUT2D eigenvalue weighted by atomic mass is 9.90. The number of aliphatic hydroxyl groups is 1. The highest BCUT2D eigenvalue weighted by atomic mass is 35.5. The molecule has 21 heavy (non-hydrogen) atoms. The van der Waals surface area contributed by atoms with Crippen LogP contribution >= 0.6 is 11.6 Å². The maximum absolute atomic E-state index is 10.6. The third-order valence-corrected chi connectivity index (χ3v) is 3.85. The van der Waals surface area contributed by atoms with Crippen molar-refractivity contribution in [3.63, 3.8) is 0 Å². The van der Waals surface area contributed by atoms with Crippen molar-refractivity contribution >= 4 is 17.6 Å². The minimum absolute atomic E-state index is 0.0702. The van der Waals surface area contributed by atoms with Gasteiger partial charge in [0.2, 0.25) is 0 Å². The Hall–Kier alpha value is -1.84. The van der Waals surface area contributed by atoms with Gasteiger partial charge in [-0.15, -0.1) is 0 Å². The summed E-state index contributed by atoms with van der Waals surface area (Å²) in [6.45, 7) is 1.63. The number of aliphatic carboxylic acids is 1. The third-order valence-electron chi connectivity index (χ3n) is 3.52. The topological polar surface area (TPSA) is 57.5 Å². The molecule has 0 bridgehead atoms. The molecule has 2 rings (SSSR count). The number of halogens is 1. The normalized spacial score (nSPS) is 13.7. The number of carbonyl (C=O) groups is 1. The van der Waals surface area contributed by atoms with Gasteiger partial charge in [0.25, 0.3) is 0 Å². The number of benzene rings is 2. The Kier molecular flexibility index (Phi) is 4.66. The first kappa shape index (κ1) is 15.5. The van der Waals surface area contributed by atoms with Crippen LogP contribution in [0.4, 0.5) is 0 Å². The van der Waals surface area contributed by atoms with E-state index in [-0.39, 0.29) is 12.8 Å². The molecule has 1 unspecified atom stereocenters. The van der Waals surface area contributed by atoms with E-state index in [1.807, 2.05) is 36.4 Å². The van der Waals surface area contributed by atoms with Crippen molar-refractivity contribution in [1.29, 1.82) is 0 Å². The van der Waals surface area contributed by atoms with Crippen LogP contribution in [0.2, 0.25) is 5.02 Å². The van der Waals surface area contributed by atoms with Crippen LogP contribution in [0.5, 0.6) is 0 Å². The maximum atomic E-state index is 10.6. The van der Waals surface area contributed by atoms with Gasteiger partial charge < -0.3 is 10.2 Å². The highest BCUT2D eigenvalue weighted by Gasteiger charge is 2.23. The molecule has 4 heteroatoms. The molecule has 0 heterocycles. The zero-order valence-electron chi connectivity index (χ0n) is 11.7. The molecule has 1 atom stereocenters. The fourth-order valence-electron chi connectivity index (χ4n) is 2.20. The first-order valence-electron chi connectivity index (χ1n) is 6.70. The van der Waals surface area contributed by atoms with Crippen LogP contribution < -0.4 is 0 Å². The molecule has 2 N–H and O–H groups in total. The van der Waals surface area contributed by atoms with E-state index < -0.39 is 11.6 Å². The molecule has 110 valence electrons. The molecule has 0 saturated heterocycles. The van der Waals surface area contributed by atoms with E-state index in [0.29, 0.717) is 10.6 Å². The standard InChI is InChI=1S/C17H17ClO3/c1-17(21,11-10-16(19)20)13-8-6-12(7-9-13)14-4-2-3-5-15(14)18/h2-9,21H,10-11H2,1H3,(H,19,20). The van der Waals surface area contributed by atoms with E-state index in [9.17, 15) is 9.90 Å². The van der Waals surface area contributed by atoms with E-state index in [1.165, 1.54) is 0 Å². The minimum Gasteiger partial charge on any atom is -0.481 e. The smallest absolute Gasteiger partial charge is 0.303 e. The molecule has 0 radical (unpaired) electrons.